The van der Waals surface area contributed by atoms with E-state index in [2.05, 4.69) is 10.2 Å². The van der Waals surface area contributed by atoms with E-state index in [1.807, 2.05) is 12.2 Å². The summed E-state index contributed by atoms with van der Waals surface area (Å²) in [7, 11) is 1.64. The van der Waals surface area contributed by atoms with E-state index in [0.717, 1.165) is 50.5 Å². The molecule has 108 valence electrons. The Morgan fingerprint density at radius 3 is 2.63 bits per heavy atom. The second-order valence-corrected chi connectivity index (χ2v) is 4.93. The summed E-state index contributed by atoms with van der Waals surface area (Å²) in [5, 5.41) is 13.3. The first-order chi connectivity index (χ1) is 9.29. The van der Waals surface area contributed by atoms with Gasteiger partial charge in [-0.25, -0.2) is 0 Å². The molecule has 0 radical (unpaired) electrons. The number of ether oxygens (including phenoxy) is 2. The Hall–Kier alpha value is -1.04. The van der Waals surface area contributed by atoms with Gasteiger partial charge < -0.3 is 19.9 Å². The van der Waals surface area contributed by atoms with Gasteiger partial charge in [-0.2, -0.15) is 0 Å². The van der Waals surface area contributed by atoms with Crippen LogP contribution in [0, 0.1) is 0 Å². The first kappa shape index (κ1) is 14.4. The van der Waals surface area contributed by atoms with Crippen LogP contribution in [0.15, 0.2) is 23.7 Å². The largest absolute Gasteiger partial charge is 0.493 e. The number of hydrogen-bond acceptors (Lipinski definition) is 5. The molecule has 1 unspecified atom stereocenters. The molecule has 1 aliphatic carbocycles. The van der Waals surface area contributed by atoms with Crippen LogP contribution < -0.4 is 5.32 Å². The third-order valence-electron chi connectivity index (χ3n) is 3.40. The zero-order chi connectivity index (χ0) is 13.5. The molecule has 5 nitrogen and oxygen atoms in total. The Morgan fingerprint density at radius 1 is 1.26 bits per heavy atom. The fourth-order valence-corrected chi connectivity index (χ4v) is 2.37. The highest BCUT2D eigenvalue weighted by Crippen LogP contribution is 2.20. The van der Waals surface area contributed by atoms with Crippen LogP contribution in [0.4, 0.5) is 0 Å². The van der Waals surface area contributed by atoms with E-state index >= 15 is 0 Å². The maximum Gasteiger partial charge on any atom is 0.156 e. The number of β-amino-alcohol motifs (C(OH)–C–C–N with tert-alkyl or cyclic N) is 1. The molecule has 0 saturated carbocycles. The summed E-state index contributed by atoms with van der Waals surface area (Å²) in [4.78, 5) is 2.26. The van der Waals surface area contributed by atoms with Gasteiger partial charge in [0.1, 0.15) is 12.7 Å². The second kappa shape index (κ2) is 7.53. The smallest absolute Gasteiger partial charge is 0.156 e. The molecule has 0 bridgehead atoms. The van der Waals surface area contributed by atoms with E-state index in [4.69, 9.17) is 9.47 Å². The van der Waals surface area contributed by atoms with Crippen molar-refractivity contribution in [2.24, 2.45) is 0 Å². The molecule has 0 spiro atoms. The summed E-state index contributed by atoms with van der Waals surface area (Å²) in [6.45, 7) is 4.95. The minimum Gasteiger partial charge on any atom is -0.493 e. The Kier molecular flexibility index (Phi) is 5.69. The molecule has 2 N–H and O–H groups in total. The van der Waals surface area contributed by atoms with Crippen molar-refractivity contribution in [3.63, 3.8) is 0 Å². The van der Waals surface area contributed by atoms with E-state index in [1.165, 1.54) is 0 Å². The van der Waals surface area contributed by atoms with Gasteiger partial charge in [-0.3, -0.25) is 4.90 Å². The molecule has 5 heteroatoms. The fraction of sp³-hybridized carbons (Fsp3) is 0.714. The highest BCUT2D eigenvalue weighted by atomic mass is 16.5. The van der Waals surface area contributed by atoms with Crippen LogP contribution in [-0.2, 0) is 9.47 Å². The van der Waals surface area contributed by atoms with Gasteiger partial charge >= 0.3 is 0 Å². The molecule has 2 rings (SSSR count). The molecular weight excluding hydrogens is 244 g/mol. The van der Waals surface area contributed by atoms with E-state index < -0.39 is 6.10 Å². The first-order valence-electron chi connectivity index (χ1n) is 6.98. The van der Waals surface area contributed by atoms with Gasteiger partial charge in [0.2, 0.25) is 0 Å². The average Bonchev–Trinajstić information content (AvgIpc) is 2.46. The van der Waals surface area contributed by atoms with Crippen LogP contribution in [0.25, 0.3) is 0 Å². The predicted octanol–water partition coefficient (Wildman–Crippen LogP) is 0.477. The molecule has 2 aliphatic rings. The number of aliphatic hydroxyl groups excluding tert-OH is 1. The molecule has 1 aliphatic heterocycles. The number of rotatable bonds is 6. The van der Waals surface area contributed by atoms with E-state index in [1.54, 1.807) is 7.11 Å². The van der Waals surface area contributed by atoms with Crippen molar-refractivity contribution in [2.45, 2.75) is 18.9 Å². The summed E-state index contributed by atoms with van der Waals surface area (Å²) in [5.74, 6) is 1.54. The van der Waals surface area contributed by atoms with Crippen molar-refractivity contribution in [3.05, 3.63) is 23.7 Å². The minimum atomic E-state index is -0.459. The molecule has 0 amide bonds. The molecule has 0 aromatic rings. The molecule has 1 fully saturated rings. The van der Waals surface area contributed by atoms with Crippen LogP contribution >= 0.6 is 0 Å². The number of hydrogen-bond donors (Lipinski definition) is 2. The van der Waals surface area contributed by atoms with Crippen molar-refractivity contribution in [2.75, 3.05) is 46.4 Å². The lowest BCUT2D eigenvalue weighted by Gasteiger charge is -2.29. The molecule has 0 aromatic carbocycles. The number of aliphatic hydroxyl groups is 1. The third kappa shape index (κ3) is 4.53. The number of allylic oxidation sites excluding steroid dienone is 2. The summed E-state index contributed by atoms with van der Waals surface area (Å²) in [6, 6.07) is 0. The van der Waals surface area contributed by atoms with E-state index in [-0.39, 0.29) is 0 Å². The van der Waals surface area contributed by atoms with Crippen molar-refractivity contribution < 1.29 is 14.6 Å². The second-order valence-electron chi connectivity index (χ2n) is 4.93. The summed E-state index contributed by atoms with van der Waals surface area (Å²) in [6.07, 6.45) is 5.54. The monoisotopic (exact) mass is 268 g/mol. The standard InChI is InChI=1S/C14H24N2O3/c1-18-13-4-2-3-5-14(13)19-11-12(17)10-16-8-6-15-7-9-16/h4-5,12,15,17H,2-3,6-11H2,1H3. The van der Waals surface area contributed by atoms with Gasteiger partial charge in [0, 0.05) is 32.7 Å². The Morgan fingerprint density at radius 2 is 1.95 bits per heavy atom. The average molecular weight is 268 g/mol. The van der Waals surface area contributed by atoms with Crippen molar-refractivity contribution in [1.82, 2.24) is 10.2 Å². The predicted molar refractivity (Wildman–Crippen MR) is 73.7 cm³/mol. The Balaban J connectivity index is 1.72. The number of nitrogens with one attached hydrogen (secondary N) is 1. The van der Waals surface area contributed by atoms with Crippen molar-refractivity contribution in [1.29, 1.82) is 0 Å². The molecular formula is C14H24N2O3. The zero-order valence-corrected chi connectivity index (χ0v) is 11.6. The number of methoxy groups -OCH3 is 1. The fourth-order valence-electron chi connectivity index (χ4n) is 2.37. The molecule has 1 saturated heterocycles. The maximum absolute atomic E-state index is 10.0. The quantitative estimate of drug-likeness (QED) is 0.734. The van der Waals surface area contributed by atoms with Gasteiger partial charge in [0.05, 0.1) is 7.11 Å². The van der Waals surface area contributed by atoms with Gasteiger partial charge in [-0.1, -0.05) is 0 Å². The zero-order valence-electron chi connectivity index (χ0n) is 11.6. The summed E-state index contributed by atoms with van der Waals surface area (Å²) < 4.78 is 10.9. The van der Waals surface area contributed by atoms with Gasteiger partial charge in [-0.15, -0.1) is 0 Å². The summed E-state index contributed by atoms with van der Waals surface area (Å²) in [5.41, 5.74) is 0. The number of nitrogens with zero attached hydrogens (tertiary/aromatic N) is 1. The maximum atomic E-state index is 10.0. The van der Waals surface area contributed by atoms with Crippen LogP contribution in [0.1, 0.15) is 12.8 Å². The third-order valence-corrected chi connectivity index (χ3v) is 3.40. The van der Waals surface area contributed by atoms with Crippen molar-refractivity contribution >= 4 is 0 Å². The van der Waals surface area contributed by atoms with Crippen LogP contribution in [0.5, 0.6) is 0 Å². The van der Waals surface area contributed by atoms with Gasteiger partial charge in [0.15, 0.2) is 11.5 Å². The summed E-state index contributed by atoms with van der Waals surface area (Å²) >= 11 is 0. The van der Waals surface area contributed by atoms with Crippen LogP contribution in [0.2, 0.25) is 0 Å². The molecule has 1 atom stereocenters. The SMILES string of the molecule is COC1=CCCC=C1OCC(O)CN1CCNCC1. The minimum absolute atomic E-state index is 0.316. The highest BCUT2D eigenvalue weighted by molar-refractivity contribution is 5.23. The Labute approximate surface area is 114 Å². The topological polar surface area (TPSA) is 54.0 Å². The van der Waals surface area contributed by atoms with Gasteiger partial charge in [-0.05, 0) is 25.0 Å². The van der Waals surface area contributed by atoms with E-state index in [0.29, 0.717) is 13.2 Å². The highest BCUT2D eigenvalue weighted by Gasteiger charge is 2.17. The lowest BCUT2D eigenvalue weighted by atomic mass is 10.1. The molecule has 19 heavy (non-hydrogen) atoms. The molecule has 0 aromatic heterocycles. The van der Waals surface area contributed by atoms with Gasteiger partial charge in [0.25, 0.3) is 0 Å². The van der Waals surface area contributed by atoms with Crippen molar-refractivity contribution in [3.8, 4) is 0 Å². The lowest BCUT2D eigenvalue weighted by molar-refractivity contribution is 0.0362. The number of piperazine rings is 1. The van der Waals surface area contributed by atoms with Crippen LogP contribution in [-0.4, -0.2) is 62.6 Å². The van der Waals surface area contributed by atoms with Crippen LogP contribution in [0.3, 0.4) is 0 Å². The molecule has 1 heterocycles. The lowest BCUT2D eigenvalue weighted by Crippen LogP contribution is -2.47. The first-order valence-corrected chi connectivity index (χ1v) is 6.98. The normalized spacial score (nSPS) is 22.4. The van der Waals surface area contributed by atoms with E-state index in [9.17, 15) is 5.11 Å². The Bertz CT molecular complexity index is 336.